The van der Waals surface area contributed by atoms with Crippen molar-refractivity contribution in [3.05, 3.63) is 34.7 Å². The van der Waals surface area contributed by atoms with E-state index in [1.165, 1.54) is 0 Å². The van der Waals surface area contributed by atoms with Gasteiger partial charge in [0.2, 0.25) is 0 Å². The van der Waals surface area contributed by atoms with Crippen molar-refractivity contribution in [2.45, 2.75) is 32.6 Å². The Morgan fingerprint density at radius 3 is 2.11 bits per heavy atom. The second kappa shape index (κ2) is 4.80. The summed E-state index contributed by atoms with van der Waals surface area (Å²) in [5, 5.41) is 0. The molecule has 0 aliphatic heterocycles. The van der Waals surface area contributed by atoms with Crippen LogP contribution in [0.15, 0.2) is 34.7 Å². The summed E-state index contributed by atoms with van der Waals surface area (Å²) < 4.78 is 0. The van der Waals surface area contributed by atoms with Crippen LogP contribution in [0.1, 0.15) is 32.6 Å². The quantitative estimate of drug-likeness (QED) is 0.786. The van der Waals surface area contributed by atoms with Crippen molar-refractivity contribution in [1.29, 1.82) is 0 Å². The third-order valence-electron chi connectivity index (χ3n) is 3.54. The average Bonchev–Trinajstić information content (AvgIpc) is 2.81. The number of carbonyl (C=O) groups excluding carboxylic acids is 2. The van der Waals surface area contributed by atoms with Crippen molar-refractivity contribution in [3.8, 4) is 0 Å². The number of allylic oxidation sites excluding steroid dienone is 6. The van der Waals surface area contributed by atoms with E-state index in [1.54, 1.807) is 6.08 Å². The first-order valence-corrected chi connectivity index (χ1v) is 6.22. The van der Waals surface area contributed by atoms with Crippen molar-refractivity contribution in [3.63, 3.8) is 0 Å². The summed E-state index contributed by atoms with van der Waals surface area (Å²) in [6, 6.07) is 0. The zero-order valence-corrected chi connectivity index (χ0v) is 10.5. The Morgan fingerprint density at radius 2 is 1.61 bits per heavy atom. The van der Waals surface area contributed by atoms with Crippen LogP contribution in [0.4, 0.5) is 0 Å². The zero-order valence-electron chi connectivity index (χ0n) is 10.5. The molecule has 0 amide bonds. The summed E-state index contributed by atoms with van der Waals surface area (Å²) in [6.07, 6.45) is 5.86. The topological polar surface area (TPSA) is 86.2 Å². The summed E-state index contributed by atoms with van der Waals surface area (Å²) in [4.78, 5) is 23.2. The number of rotatable bonds is 3. The fraction of sp³-hybridized carbons (Fsp3) is 0.429. The SMILES string of the molecule is CC(/C=C/C1=C(N)CCC1=O)C1=C(N)CCC1=O. The van der Waals surface area contributed by atoms with Crippen LogP contribution in [0.2, 0.25) is 0 Å². The Bertz CT molecular complexity index is 498. The van der Waals surface area contributed by atoms with Gasteiger partial charge in [0.25, 0.3) is 0 Å². The maximum absolute atomic E-state index is 11.7. The summed E-state index contributed by atoms with van der Waals surface area (Å²) in [6.45, 7) is 1.91. The molecular weight excluding hydrogens is 228 g/mol. The lowest BCUT2D eigenvalue weighted by atomic mass is 9.97. The van der Waals surface area contributed by atoms with Crippen LogP contribution in [0.3, 0.4) is 0 Å². The second-order valence-electron chi connectivity index (χ2n) is 4.87. The number of ketones is 2. The number of Topliss-reactive ketones (excluding diaryl/α,β-unsaturated/α-hetero) is 2. The third kappa shape index (κ3) is 2.23. The van der Waals surface area contributed by atoms with Gasteiger partial charge in [-0.1, -0.05) is 19.1 Å². The second-order valence-corrected chi connectivity index (χ2v) is 4.87. The van der Waals surface area contributed by atoms with Gasteiger partial charge in [-0.05, 0) is 12.8 Å². The third-order valence-corrected chi connectivity index (χ3v) is 3.54. The molecule has 0 saturated carbocycles. The molecule has 0 spiro atoms. The Kier molecular flexibility index (Phi) is 3.36. The highest BCUT2D eigenvalue weighted by atomic mass is 16.1. The van der Waals surface area contributed by atoms with Crippen LogP contribution in [-0.4, -0.2) is 11.6 Å². The smallest absolute Gasteiger partial charge is 0.164 e. The first-order valence-electron chi connectivity index (χ1n) is 6.22. The first-order chi connectivity index (χ1) is 8.50. The highest BCUT2D eigenvalue weighted by Gasteiger charge is 2.25. The van der Waals surface area contributed by atoms with Gasteiger partial charge in [-0.3, -0.25) is 9.59 Å². The molecule has 2 aliphatic rings. The summed E-state index contributed by atoms with van der Waals surface area (Å²) in [7, 11) is 0. The van der Waals surface area contributed by atoms with Crippen molar-refractivity contribution in [1.82, 2.24) is 0 Å². The van der Waals surface area contributed by atoms with Gasteiger partial charge in [0.15, 0.2) is 11.6 Å². The molecule has 96 valence electrons. The lowest BCUT2D eigenvalue weighted by Crippen LogP contribution is -2.08. The molecule has 4 N–H and O–H groups in total. The van der Waals surface area contributed by atoms with E-state index in [0.29, 0.717) is 48.2 Å². The fourth-order valence-electron chi connectivity index (χ4n) is 2.48. The number of hydrogen-bond acceptors (Lipinski definition) is 4. The molecule has 4 nitrogen and oxygen atoms in total. The Hall–Kier alpha value is -1.84. The lowest BCUT2D eigenvalue weighted by molar-refractivity contribution is -0.115. The number of hydrogen-bond donors (Lipinski definition) is 2. The average molecular weight is 246 g/mol. The van der Waals surface area contributed by atoms with Crippen LogP contribution >= 0.6 is 0 Å². The van der Waals surface area contributed by atoms with Gasteiger partial charge < -0.3 is 11.5 Å². The molecule has 0 heterocycles. The molecular formula is C14H18N2O2. The first kappa shape index (κ1) is 12.6. The van der Waals surface area contributed by atoms with Crippen molar-refractivity contribution in [2.24, 2.45) is 17.4 Å². The molecule has 4 heteroatoms. The van der Waals surface area contributed by atoms with E-state index in [4.69, 9.17) is 11.5 Å². The maximum Gasteiger partial charge on any atom is 0.164 e. The van der Waals surface area contributed by atoms with Crippen molar-refractivity contribution < 1.29 is 9.59 Å². The lowest BCUT2D eigenvalue weighted by Gasteiger charge is -2.08. The van der Waals surface area contributed by atoms with Gasteiger partial charge in [-0.2, -0.15) is 0 Å². The predicted molar refractivity (Wildman–Crippen MR) is 69.2 cm³/mol. The highest BCUT2D eigenvalue weighted by molar-refractivity contribution is 6.01. The minimum Gasteiger partial charge on any atom is -0.402 e. The largest absolute Gasteiger partial charge is 0.402 e. The van der Waals surface area contributed by atoms with E-state index in [9.17, 15) is 9.59 Å². The molecule has 18 heavy (non-hydrogen) atoms. The molecule has 2 aliphatic carbocycles. The van der Waals surface area contributed by atoms with E-state index in [1.807, 2.05) is 13.0 Å². The van der Waals surface area contributed by atoms with Gasteiger partial charge >= 0.3 is 0 Å². The summed E-state index contributed by atoms with van der Waals surface area (Å²) in [5.41, 5.74) is 14.2. The van der Waals surface area contributed by atoms with Gasteiger partial charge in [0.1, 0.15) is 0 Å². The molecule has 1 unspecified atom stereocenters. The molecule has 0 aromatic rings. The molecule has 0 radical (unpaired) electrons. The van der Waals surface area contributed by atoms with Crippen LogP contribution in [0.25, 0.3) is 0 Å². The maximum atomic E-state index is 11.7. The van der Waals surface area contributed by atoms with Crippen LogP contribution < -0.4 is 11.5 Å². The summed E-state index contributed by atoms with van der Waals surface area (Å²) >= 11 is 0. The van der Waals surface area contributed by atoms with E-state index in [2.05, 4.69) is 0 Å². The standard InChI is InChI=1S/C14H18N2O2/c1-8(14-11(16)5-7-13(14)18)2-3-9-10(15)4-6-12(9)17/h2-3,8H,4-7,15-16H2,1H3/b3-2+. The molecule has 1 atom stereocenters. The van der Waals surface area contributed by atoms with Crippen molar-refractivity contribution in [2.75, 3.05) is 0 Å². The fourth-order valence-corrected chi connectivity index (χ4v) is 2.48. The molecule has 0 fully saturated rings. The van der Waals surface area contributed by atoms with Crippen LogP contribution in [0.5, 0.6) is 0 Å². The molecule has 0 aromatic carbocycles. The van der Waals surface area contributed by atoms with E-state index in [-0.39, 0.29) is 17.5 Å². The molecule has 0 bridgehead atoms. The Morgan fingerprint density at radius 1 is 1.00 bits per heavy atom. The van der Waals surface area contributed by atoms with E-state index >= 15 is 0 Å². The number of nitrogens with two attached hydrogens (primary N) is 2. The predicted octanol–water partition coefficient (Wildman–Crippen LogP) is 1.33. The molecule has 0 saturated heterocycles. The number of carbonyl (C=O) groups is 2. The van der Waals surface area contributed by atoms with Gasteiger partial charge in [-0.25, -0.2) is 0 Å². The highest BCUT2D eigenvalue weighted by Crippen LogP contribution is 2.27. The van der Waals surface area contributed by atoms with Crippen LogP contribution in [0, 0.1) is 5.92 Å². The van der Waals surface area contributed by atoms with Gasteiger partial charge in [-0.15, -0.1) is 0 Å². The normalized spacial score (nSPS) is 22.7. The van der Waals surface area contributed by atoms with Crippen LogP contribution in [-0.2, 0) is 9.59 Å². The Labute approximate surface area is 106 Å². The summed E-state index contributed by atoms with van der Waals surface area (Å²) in [5.74, 6) is 0.133. The molecule has 0 aromatic heterocycles. The van der Waals surface area contributed by atoms with Crippen molar-refractivity contribution >= 4 is 11.6 Å². The minimum atomic E-state index is -0.0614. The zero-order chi connectivity index (χ0) is 13.3. The Balaban J connectivity index is 2.15. The minimum absolute atomic E-state index is 0.0614. The van der Waals surface area contributed by atoms with Gasteiger partial charge in [0, 0.05) is 41.3 Å². The van der Waals surface area contributed by atoms with E-state index < -0.39 is 0 Å². The van der Waals surface area contributed by atoms with E-state index in [0.717, 1.165) is 0 Å². The van der Waals surface area contributed by atoms with Gasteiger partial charge in [0.05, 0.1) is 0 Å². The molecule has 2 rings (SSSR count). The monoisotopic (exact) mass is 246 g/mol.